The minimum absolute atomic E-state index is 0.214. The smallest absolute Gasteiger partial charge is 0.322 e. The third-order valence-electron chi connectivity index (χ3n) is 2.48. The van der Waals surface area contributed by atoms with E-state index < -0.39 is 12.1 Å². The van der Waals surface area contributed by atoms with Crippen molar-refractivity contribution in [2.24, 2.45) is 0 Å². The number of rotatable bonds is 3. The molecule has 0 radical (unpaired) electrons. The second-order valence-corrected chi connectivity index (χ2v) is 4.36. The zero-order valence-corrected chi connectivity index (χ0v) is 9.41. The third kappa shape index (κ3) is 2.36. The third-order valence-corrected chi connectivity index (χ3v) is 2.96. The molecule has 1 heterocycles. The van der Waals surface area contributed by atoms with Gasteiger partial charge in [0, 0.05) is 5.25 Å². The highest BCUT2D eigenvalue weighted by Gasteiger charge is 2.34. The summed E-state index contributed by atoms with van der Waals surface area (Å²) in [6.45, 7) is 0. The zero-order valence-electron chi connectivity index (χ0n) is 8.51. The van der Waals surface area contributed by atoms with Crippen molar-refractivity contribution in [3.05, 3.63) is 35.9 Å². The lowest BCUT2D eigenvalue weighted by Crippen LogP contribution is -2.38. The number of carbonyl (C=O) groups is 2. The lowest BCUT2D eigenvalue weighted by atomic mass is 10.0. The molecule has 0 saturated carbocycles. The van der Waals surface area contributed by atoms with Crippen molar-refractivity contribution in [2.45, 2.75) is 17.7 Å². The van der Waals surface area contributed by atoms with Gasteiger partial charge in [-0.1, -0.05) is 30.3 Å². The van der Waals surface area contributed by atoms with E-state index in [1.165, 1.54) is 0 Å². The van der Waals surface area contributed by atoms with Gasteiger partial charge in [0.25, 0.3) is 5.91 Å². The molecule has 1 aromatic rings. The van der Waals surface area contributed by atoms with Crippen molar-refractivity contribution in [1.82, 2.24) is 10.6 Å². The number of carbonyl (C=O) groups excluding carboxylic acids is 2. The van der Waals surface area contributed by atoms with Crippen LogP contribution < -0.4 is 10.6 Å². The van der Waals surface area contributed by atoms with Crippen LogP contribution in [0.5, 0.6) is 0 Å². The summed E-state index contributed by atoms with van der Waals surface area (Å²) >= 11 is 4.36. The average Bonchev–Trinajstić information content (AvgIpc) is 2.59. The fourth-order valence-corrected chi connectivity index (χ4v) is 2.10. The number of urea groups is 1. The van der Waals surface area contributed by atoms with Gasteiger partial charge < -0.3 is 5.32 Å². The van der Waals surface area contributed by atoms with E-state index in [-0.39, 0.29) is 11.2 Å². The number of benzene rings is 1. The van der Waals surface area contributed by atoms with Crippen molar-refractivity contribution in [3.63, 3.8) is 0 Å². The minimum Gasteiger partial charge on any atom is -0.325 e. The summed E-state index contributed by atoms with van der Waals surface area (Å²) in [7, 11) is 0. The quantitative estimate of drug-likeness (QED) is 0.535. The van der Waals surface area contributed by atoms with Crippen LogP contribution in [0.15, 0.2) is 30.3 Å². The van der Waals surface area contributed by atoms with Crippen LogP contribution in [-0.2, 0) is 11.2 Å². The zero-order chi connectivity index (χ0) is 11.5. The maximum absolute atomic E-state index is 11.4. The maximum atomic E-state index is 11.4. The molecule has 0 aromatic heterocycles. The Morgan fingerprint density at radius 2 is 1.94 bits per heavy atom. The molecule has 1 aliphatic heterocycles. The Labute approximate surface area is 98.8 Å². The molecule has 0 bridgehead atoms. The normalized spacial score (nSPS) is 21.4. The summed E-state index contributed by atoms with van der Waals surface area (Å²) in [5.74, 6) is -0.305. The molecule has 2 atom stereocenters. The van der Waals surface area contributed by atoms with E-state index in [2.05, 4.69) is 23.3 Å². The molecule has 5 heteroatoms. The monoisotopic (exact) mass is 236 g/mol. The van der Waals surface area contributed by atoms with Crippen LogP contribution in [0.4, 0.5) is 4.79 Å². The van der Waals surface area contributed by atoms with Crippen LogP contribution in [0.3, 0.4) is 0 Å². The van der Waals surface area contributed by atoms with Gasteiger partial charge >= 0.3 is 6.03 Å². The standard InChI is InChI=1S/C11H12N2O2S/c14-10-9(12-11(15)13-10)8(16)6-7-4-2-1-3-5-7/h1-5,8-9,16H,6H2,(H2,12,13,14,15). The topological polar surface area (TPSA) is 58.2 Å². The van der Waals surface area contributed by atoms with E-state index in [9.17, 15) is 9.59 Å². The second kappa shape index (κ2) is 4.57. The van der Waals surface area contributed by atoms with Crippen LogP contribution in [0.2, 0.25) is 0 Å². The highest BCUT2D eigenvalue weighted by atomic mass is 32.1. The SMILES string of the molecule is O=C1NC(=O)C(C(S)Cc2ccccc2)N1. The van der Waals surface area contributed by atoms with Gasteiger partial charge in [-0.05, 0) is 12.0 Å². The molecular weight excluding hydrogens is 224 g/mol. The van der Waals surface area contributed by atoms with E-state index in [0.29, 0.717) is 6.42 Å². The number of amides is 3. The Balaban J connectivity index is 2.01. The molecule has 1 fully saturated rings. The molecule has 3 amide bonds. The number of imide groups is 1. The van der Waals surface area contributed by atoms with E-state index in [1.54, 1.807) is 0 Å². The Hall–Kier alpha value is -1.49. The van der Waals surface area contributed by atoms with Gasteiger partial charge in [0.1, 0.15) is 6.04 Å². The molecule has 84 valence electrons. The molecular formula is C11H12N2O2S. The number of hydrogen-bond donors (Lipinski definition) is 3. The summed E-state index contributed by atoms with van der Waals surface area (Å²) in [4.78, 5) is 22.3. The van der Waals surface area contributed by atoms with E-state index >= 15 is 0 Å². The predicted octanol–water partition coefficient (Wildman–Crippen LogP) is 0.735. The Morgan fingerprint density at radius 3 is 2.50 bits per heavy atom. The fourth-order valence-electron chi connectivity index (χ4n) is 1.68. The van der Waals surface area contributed by atoms with Crippen molar-refractivity contribution in [1.29, 1.82) is 0 Å². The van der Waals surface area contributed by atoms with Gasteiger partial charge in [-0.2, -0.15) is 12.6 Å². The van der Waals surface area contributed by atoms with E-state index in [4.69, 9.17) is 0 Å². The second-order valence-electron chi connectivity index (χ2n) is 3.70. The lowest BCUT2D eigenvalue weighted by Gasteiger charge is -2.15. The molecule has 2 N–H and O–H groups in total. The number of nitrogens with one attached hydrogen (secondary N) is 2. The highest BCUT2D eigenvalue weighted by Crippen LogP contribution is 2.13. The summed E-state index contributed by atoms with van der Waals surface area (Å²) in [5, 5.41) is 4.53. The molecule has 2 rings (SSSR count). The van der Waals surface area contributed by atoms with E-state index in [1.807, 2.05) is 30.3 Å². The first kappa shape index (κ1) is 11.0. The van der Waals surface area contributed by atoms with Gasteiger partial charge in [-0.3, -0.25) is 10.1 Å². The molecule has 4 nitrogen and oxygen atoms in total. The van der Waals surface area contributed by atoms with Gasteiger partial charge in [0.15, 0.2) is 0 Å². The molecule has 0 aliphatic carbocycles. The van der Waals surface area contributed by atoms with Gasteiger partial charge in [-0.15, -0.1) is 0 Å². The van der Waals surface area contributed by atoms with Crippen molar-refractivity contribution >= 4 is 24.6 Å². The van der Waals surface area contributed by atoms with Crippen molar-refractivity contribution < 1.29 is 9.59 Å². The molecule has 1 saturated heterocycles. The fraction of sp³-hybridized carbons (Fsp3) is 0.273. The van der Waals surface area contributed by atoms with Crippen molar-refractivity contribution in [2.75, 3.05) is 0 Å². The van der Waals surface area contributed by atoms with E-state index in [0.717, 1.165) is 5.56 Å². The molecule has 1 aliphatic rings. The Kier molecular flexibility index (Phi) is 3.14. The summed E-state index contributed by atoms with van der Waals surface area (Å²) in [5.41, 5.74) is 1.09. The number of hydrogen-bond acceptors (Lipinski definition) is 3. The van der Waals surface area contributed by atoms with Gasteiger partial charge in [0.2, 0.25) is 0 Å². The van der Waals surface area contributed by atoms with Crippen molar-refractivity contribution in [3.8, 4) is 0 Å². The molecule has 1 aromatic carbocycles. The Bertz CT molecular complexity index is 408. The minimum atomic E-state index is -0.545. The van der Waals surface area contributed by atoms with Crippen LogP contribution in [0, 0.1) is 0 Å². The predicted molar refractivity (Wildman–Crippen MR) is 63.4 cm³/mol. The first-order valence-electron chi connectivity index (χ1n) is 5.00. The highest BCUT2D eigenvalue weighted by molar-refractivity contribution is 7.81. The molecule has 16 heavy (non-hydrogen) atoms. The summed E-state index contributed by atoms with van der Waals surface area (Å²) in [6, 6.07) is 8.75. The van der Waals surface area contributed by atoms with Crippen LogP contribution in [0.25, 0.3) is 0 Å². The van der Waals surface area contributed by atoms with Gasteiger partial charge in [0.05, 0.1) is 0 Å². The van der Waals surface area contributed by atoms with Crippen LogP contribution >= 0.6 is 12.6 Å². The molecule has 2 unspecified atom stereocenters. The molecule has 0 spiro atoms. The van der Waals surface area contributed by atoms with Crippen LogP contribution in [0.1, 0.15) is 5.56 Å². The van der Waals surface area contributed by atoms with Crippen LogP contribution in [-0.4, -0.2) is 23.2 Å². The summed E-state index contributed by atoms with van der Waals surface area (Å²) < 4.78 is 0. The first-order valence-corrected chi connectivity index (χ1v) is 5.52. The lowest BCUT2D eigenvalue weighted by molar-refractivity contribution is -0.120. The largest absolute Gasteiger partial charge is 0.325 e. The first-order chi connectivity index (χ1) is 7.66. The van der Waals surface area contributed by atoms with Gasteiger partial charge in [-0.25, -0.2) is 4.79 Å². The maximum Gasteiger partial charge on any atom is 0.322 e. The average molecular weight is 236 g/mol. The number of thiol groups is 1. The Morgan fingerprint density at radius 1 is 1.25 bits per heavy atom. The summed E-state index contributed by atoms with van der Waals surface area (Å²) in [6.07, 6.45) is 0.641.